The van der Waals surface area contributed by atoms with Gasteiger partial charge in [0.25, 0.3) is 11.7 Å². The highest BCUT2D eigenvalue weighted by Crippen LogP contribution is 2.29. The molecule has 0 spiro atoms. The van der Waals surface area contributed by atoms with Gasteiger partial charge in [-0.25, -0.2) is 0 Å². The standard InChI is InChI=1S/C13H10N2O4/c1-2-19-11(16)7-15-10-4-3-8(6-14)5-9(10)12(17)13(15)18/h3-5H,2,7H2,1H3. The number of anilines is 1. The Hall–Kier alpha value is -2.68. The molecule has 0 N–H and O–H groups in total. The Labute approximate surface area is 109 Å². The molecule has 0 aliphatic carbocycles. The molecule has 0 fully saturated rings. The van der Waals surface area contributed by atoms with E-state index < -0.39 is 17.7 Å². The summed E-state index contributed by atoms with van der Waals surface area (Å²) in [6.07, 6.45) is 0. The molecule has 19 heavy (non-hydrogen) atoms. The number of carbonyl (C=O) groups excluding carboxylic acids is 3. The van der Waals surface area contributed by atoms with E-state index in [0.29, 0.717) is 5.69 Å². The van der Waals surface area contributed by atoms with Crippen LogP contribution in [0.3, 0.4) is 0 Å². The van der Waals surface area contributed by atoms with Gasteiger partial charge in [-0.1, -0.05) is 0 Å². The lowest BCUT2D eigenvalue weighted by molar-refractivity contribution is -0.142. The van der Waals surface area contributed by atoms with Crippen molar-refractivity contribution >= 4 is 23.3 Å². The predicted octanol–water partition coefficient (Wildman–Crippen LogP) is 0.651. The fraction of sp³-hybridized carbons (Fsp3) is 0.231. The van der Waals surface area contributed by atoms with Gasteiger partial charge in [-0.15, -0.1) is 0 Å². The smallest absolute Gasteiger partial charge is 0.326 e. The van der Waals surface area contributed by atoms with Gasteiger partial charge < -0.3 is 4.74 Å². The molecule has 1 aliphatic heterocycles. The number of hydrogen-bond acceptors (Lipinski definition) is 5. The first-order valence-electron chi connectivity index (χ1n) is 5.64. The average molecular weight is 258 g/mol. The van der Waals surface area contributed by atoms with E-state index in [1.54, 1.807) is 6.92 Å². The van der Waals surface area contributed by atoms with Gasteiger partial charge in [-0.2, -0.15) is 5.26 Å². The summed E-state index contributed by atoms with van der Waals surface area (Å²) in [5.41, 5.74) is 0.772. The second-order valence-corrected chi connectivity index (χ2v) is 3.87. The Morgan fingerprint density at radius 3 is 2.79 bits per heavy atom. The van der Waals surface area contributed by atoms with E-state index in [1.165, 1.54) is 18.2 Å². The maximum absolute atomic E-state index is 11.8. The zero-order valence-electron chi connectivity index (χ0n) is 10.2. The van der Waals surface area contributed by atoms with Gasteiger partial charge in [0, 0.05) is 0 Å². The molecule has 0 atom stereocenters. The highest BCUT2D eigenvalue weighted by atomic mass is 16.5. The van der Waals surface area contributed by atoms with E-state index in [1.807, 2.05) is 6.07 Å². The van der Waals surface area contributed by atoms with Crippen molar-refractivity contribution in [3.05, 3.63) is 29.3 Å². The van der Waals surface area contributed by atoms with Crippen molar-refractivity contribution < 1.29 is 19.1 Å². The number of hydrogen-bond donors (Lipinski definition) is 0. The lowest BCUT2D eigenvalue weighted by Crippen LogP contribution is -2.35. The molecular weight excluding hydrogens is 248 g/mol. The van der Waals surface area contributed by atoms with Crippen molar-refractivity contribution in [1.29, 1.82) is 5.26 Å². The zero-order chi connectivity index (χ0) is 14.0. The molecule has 6 nitrogen and oxygen atoms in total. The quantitative estimate of drug-likeness (QED) is 0.586. The molecule has 1 amide bonds. The monoisotopic (exact) mass is 258 g/mol. The van der Waals surface area contributed by atoms with Crippen molar-refractivity contribution in [2.75, 3.05) is 18.1 Å². The minimum Gasteiger partial charge on any atom is -0.465 e. The minimum absolute atomic E-state index is 0.147. The number of fused-ring (bicyclic) bond motifs is 1. The van der Waals surface area contributed by atoms with Crippen molar-refractivity contribution in [2.24, 2.45) is 0 Å². The van der Waals surface area contributed by atoms with Gasteiger partial charge in [0.1, 0.15) is 6.54 Å². The molecular formula is C13H10N2O4. The number of amides is 1. The molecule has 1 aliphatic rings. The normalized spacial score (nSPS) is 13.2. The number of nitriles is 1. The molecule has 2 rings (SSSR count). The number of ketones is 1. The Balaban J connectivity index is 2.35. The molecule has 1 aromatic carbocycles. The molecule has 0 radical (unpaired) electrons. The Morgan fingerprint density at radius 2 is 2.16 bits per heavy atom. The Bertz CT molecular complexity index is 616. The third-order valence-electron chi connectivity index (χ3n) is 2.69. The van der Waals surface area contributed by atoms with E-state index in [0.717, 1.165) is 4.90 Å². The number of Topliss-reactive ketones (excluding diaryl/α,β-unsaturated/α-hetero) is 1. The van der Waals surface area contributed by atoms with Crippen molar-refractivity contribution in [3.8, 4) is 6.07 Å². The van der Waals surface area contributed by atoms with Gasteiger partial charge in [-0.3, -0.25) is 19.3 Å². The summed E-state index contributed by atoms with van der Waals surface area (Å²) in [4.78, 5) is 36.0. The lowest BCUT2D eigenvalue weighted by atomic mass is 10.1. The first-order chi connectivity index (χ1) is 9.08. The summed E-state index contributed by atoms with van der Waals surface area (Å²) in [5.74, 6) is -2.07. The fourth-order valence-corrected chi connectivity index (χ4v) is 1.86. The van der Waals surface area contributed by atoms with Crippen LogP contribution in [0.4, 0.5) is 5.69 Å². The zero-order valence-corrected chi connectivity index (χ0v) is 10.2. The first kappa shape index (κ1) is 12.8. The van der Waals surface area contributed by atoms with Crippen LogP contribution in [0.1, 0.15) is 22.8 Å². The molecule has 96 valence electrons. The van der Waals surface area contributed by atoms with E-state index in [-0.39, 0.29) is 24.3 Å². The maximum atomic E-state index is 11.8. The van der Waals surface area contributed by atoms with Gasteiger partial charge >= 0.3 is 5.97 Å². The Morgan fingerprint density at radius 1 is 1.42 bits per heavy atom. The van der Waals surface area contributed by atoms with Crippen LogP contribution < -0.4 is 4.90 Å². The summed E-state index contributed by atoms with van der Waals surface area (Å²) in [5, 5.41) is 8.77. The molecule has 0 saturated heterocycles. The van der Waals surface area contributed by atoms with Crippen LogP contribution in [0.25, 0.3) is 0 Å². The first-order valence-corrected chi connectivity index (χ1v) is 5.64. The highest BCUT2D eigenvalue weighted by Gasteiger charge is 2.37. The molecule has 6 heteroatoms. The summed E-state index contributed by atoms with van der Waals surface area (Å²) in [6.45, 7) is 1.55. The van der Waals surface area contributed by atoms with Gasteiger partial charge in [-0.05, 0) is 25.1 Å². The van der Waals surface area contributed by atoms with Crippen molar-refractivity contribution in [2.45, 2.75) is 6.92 Å². The average Bonchev–Trinajstić information content (AvgIpc) is 2.64. The van der Waals surface area contributed by atoms with Crippen LogP contribution in [0, 0.1) is 11.3 Å². The highest BCUT2D eigenvalue weighted by molar-refractivity contribution is 6.52. The van der Waals surface area contributed by atoms with Crippen molar-refractivity contribution in [1.82, 2.24) is 0 Å². The number of carbonyl (C=O) groups is 3. The SMILES string of the molecule is CCOC(=O)CN1C(=O)C(=O)c2cc(C#N)ccc21. The van der Waals surface area contributed by atoms with Crippen LogP contribution in [-0.2, 0) is 14.3 Å². The summed E-state index contributed by atoms with van der Waals surface area (Å²) in [6, 6.07) is 6.21. The fourth-order valence-electron chi connectivity index (χ4n) is 1.86. The Kier molecular flexibility index (Phi) is 3.29. The molecule has 0 saturated carbocycles. The number of nitrogens with zero attached hydrogens (tertiary/aromatic N) is 2. The van der Waals surface area contributed by atoms with Crippen LogP contribution in [0.15, 0.2) is 18.2 Å². The summed E-state index contributed by atoms with van der Waals surface area (Å²) in [7, 11) is 0. The van der Waals surface area contributed by atoms with Gasteiger partial charge in [0.2, 0.25) is 0 Å². The van der Waals surface area contributed by atoms with E-state index in [9.17, 15) is 14.4 Å². The molecule has 0 aromatic heterocycles. The van der Waals surface area contributed by atoms with Crippen LogP contribution >= 0.6 is 0 Å². The van der Waals surface area contributed by atoms with Crippen LogP contribution in [0.5, 0.6) is 0 Å². The van der Waals surface area contributed by atoms with Crippen molar-refractivity contribution in [3.63, 3.8) is 0 Å². The van der Waals surface area contributed by atoms with Gasteiger partial charge in [0.15, 0.2) is 0 Å². The van der Waals surface area contributed by atoms with Crippen LogP contribution in [0.2, 0.25) is 0 Å². The molecule has 0 bridgehead atoms. The number of esters is 1. The van der Waals surface area contributed by atoms with Crippen LogP contribution in [-0.4, -0.2) is 30.8 Å². The molecule has 1 heterocycles. The summed E-state index contributed by atoms with van der Waals surface area (Å²) >= 11 is 0. The second kappa shape index (κ2) is 4.90. The number of ether oxygens (including phenoxy) is 1. The van der Waals surface area contributed by atoms with E-state index >= 15 is 0 Å². The summed E-state index contributed by atoms with van der Waals surface area (Å²) < 4.78 is 4.75. The van der Waals surface area contributed by atoms with E-state index in [4.69, 9.17) is 10.00 Å². The maximum Gasteiger partial charge on any atom is 0.326 e. The molecule has 1 aromatic rings. The predicted molar refractivity (Wildman–Crippen MR) is 64.5 cm³/mol. The third-order valence-corrected chi connectivity index (χ3v) is 2.69. The number of benzene rings is 1. The number of rotatable bonds is 3. The molecule has 0 unspecified atom stereocenters. The lowest BCUT2D eigenvalue weighted by Gasteiger charge is -2.14. The second-order valence-electron chi connectivity index (χ2n) is 3.87. The third kappa shape index (κ3) is 2.18. The largest absolute Gasteiger partial charge is 0.465 e. The minimum atomic E-state index is -0.779. The van der Waals surface area contributed by atoms with Gasteiger partial charge in [0.05, 0.1) is 29.5 Å². The topological polar surface area (TPSA) is 87.5 Å². The van der Waals surface area contributed by atoms with E-state index in [2.05, 4.69) is 0 Å².